The molecule has 0 aromatic heterocycles. The quantitative estimate of drug-likeness (QED) is 0.674. The molecule has 2 aliphatic carbocycles. The fourth-order valence-corrected chi connectivity index (χ4v) is 2.43. The second-order valence-corrected chi connectivity index (χ2v) is 6.05. The normalized spacial score (nSPS) is 26.4. The summed E-state index contributed by atoms with van der Waals surface area (Å²) in [6.07, 6.45) is 3.92. The molecule has 2 aliphatic rings. The first-order valence-corrected chi connectivity index (χ1v) is 6.65. The van der Waals surface area contributed by atoms with Crippen LogP contribution in [0.25, 0.3) is 0 Å². The average molecular weight is 239 g/mol. The Morgan fingerprint density at radius 2 is 1.36 bits per heavy atom. The summed E-state index contributed by atoms with van der Waals surface area (Å²) < 4.78 is 34.0. The highest BCUT2D eigenvalue weighted by molar-refractivity contribution is 7.93. The zero-order valence-electron chi connectivity index (χ0n) is 7.88. The highest BCUT2D eigenvalue weighted by Crippen LogP contribution is 2.27. The molecule has 2 fully saturated rings. The van der Waals surface area contributed by atoms with Crippen molar-refractivity contribution in [3.05, 3.63) is 0 Å². The first-order chi connectivity index (χ1) is 6.66. The summed E-state index contributed by atoms with van der Waals surface area (Å²) >= 11 is -3.29. The summed E-state index contributed by atoms with van der Waals surface area (Å²) in [6, 6.07) is 0. The molecule has 0 heterocycles. The van der Waals surface area contributed by atoms with E-state index in [1.165, 1.54) is 7.05 Å². The first kappa shape index (κ1) is 10.7. The van der Waals surface area contributed by atoms with Crippen LogP contribution >= 0.6 is 0 Å². The molecule has 0 N–H and O–H groups in total. The predicted molar refractivity (Wildman–Crippen MR) is 52.3 cm³/mol. The molecule has 5 nitrogen and oxygen atoms in total. The molecule has 0 amide bonds. The Morgan fingerprint density at radius 3 is 1.64 bits per heavy atom. The highest BCUT2D eigenvalue weighted by Gasteiger charge is 2.31. The molecular weight excluding hydrogens is 226 g/mol. The Morgan fingerprint density at radius 1 is 1.00 bits per heavy atom. The van der Waals surface area contributed by atoms with Gasteiger partial charge in [0.05, 0.1) is 12.2 Å². The molecule has 0 bridgehead atoms. The van der Waals surface area contributed by atoms with Crippen molar-refractivity contribution in [1.29, 1.82) is 0 Å². The molecule has 0 aromatic rings. The Hall–Kier alpha value is 0.180. The molecule has 0 saturated heterocycles. The van der Waals surface area contributed by atoms with Crippen molar-refractivity contribution in [2.75, 3.05) is 7.05 Å². The van der Waals surface area contributed by atoms with Crippen molar-refractivity contribution in [2.45, 2.75) is 37.9 Å². The van der Waals surface area contributed by atoms with Gasteiger partial charge in [-0.2, -0.15) is 0 Å². The van der Waals surface area contributed by atoms with E-state index in [4.69, 9.17) is 8.37 Å². The number of nitrogens with zero attached hydrogens (tertiary/aromatic N) is 1. The second kappa shape index (κ2) is 4.36. The number of hydrogen-bond donors (Lipinski definition) is 0. The van der Waals surface area contributed by atoms with E-state index in [-0.39, 0.29) is 12.2 Å². The van der Waals surface area contributed by atoms with Gasteiger partial charge in [0.25, 0.3) is 22.5 Å². The summed E-state index contributed by atoms with van der Waals surface area (Å²) in [5.41, 5.74) is 0. The van der Waals surface area contributed by atoms with Gasteiger partial charge in [-0.15, -0.1) is 0 Å². The fraction of sp³-hybridized carbons (Fsp3) is 1.00. The standard InChI is InChI=1S/C7H13NO4S2/c1-8(13(9)11-6-2-3-6)14(10)12-7-4-5-7/h6-7H,2-5H2,1H3. The molecule has 2 unspecified atom stereocenters. The molecule has 0 spiro atoms. The Bertz CT molecular complexity index is 238. The van der Waals surface area contributed by atoms with Gasteiger partial charge in [0, 0.05) is 7.05 Å². The van der Waals surface area contributed by atoms with Gasteiger partial charge in [-0.05, 0) is 25.7 Å². The SMILES string of the molecule is CN(S(=O)OC1CC1)S(=O)OC1CC1. The molecule has 2 saturated carbocycles. The maximum atomic E-state index is 11.4. The molecule has 0 radical (unpaired) electrons. The van der Waals surface area contributed by atoms with Crippen LogP contribution in [0.2, 0.25) is 0 Å². The monoisotopic (exact) mass is 239 g/mol. The summed E-state index contributed by atoms with van der Waals surface area (Å²) in [7, 11) is 1.47. The minimum absolute atomic E-state index is 0.0798. The lowest BCUT2D eigenvalue weighted by Gasteiger charge is -2.12. The zero-order chi connectivity index (χ0) is 10.1. The molecular formula is C7H13NO4S2. The van der Waals surface area contributed by atoms with E-state index in [0.29, 0.717) is 0 Å². The second-order valence-electron chi connectivity index (χ2n) is 3.47. The van der Waals surface area contributed by atoms with Gasteiger partial charge in [-0.3, -0.25) is 8.37 Å². The van der Waals surface area contributed by atoms with Gasteiger partial charge in [0.2, 0.25) is 0 Å². The van der Waals surface area contributed by atoms with Crippen molar-refractivity contribution in [2.24, 2.45) is 0 Å². The first-order valence-electron chi connectivity index (χ1n) is 4.58. The van der Waals surface area contributed by atoms with E-state index in [1.807, 2.05) is 0 Å². The van der Waals surface area contributed by atoms with E-state index >= 15 is 0 Å². The summed E-state index contributed by atoms with van der Waals surface area (Å²) in [5.74, 6) is 0. The molecule has 82 valence electrons. The van der Waals surface area contributed by atoms with Crippen molar-refractivity contribution in [3.8, 4) is 0 Å². The van der Waals surface area contributed by atoms with Crippen LogP contribution in [0.3, 0.4) is 0 Å². The van der Waals surface area contributed by atoms with Gasteiger partial charge < -0.3 is 0 Å². The van der Waals surface area contributed by atoms with Gasteiger partial charge >= 0.3 is 0 Å². The van der Waals surface area contributed by atoms with Crippen LogP contribution in [0.1, 0.15) is 25.7 Å². The van der Waals surface area contributed by atoms with Crippen molar-refractivity contribution >= 4 is 22.5 Å². The fourth-order valence-electron chi connectivity index (χ4n) is 0.732. The van der Waals surface area contributed by atoms with Gasteiger partial charge in [0.1, 0.15) is 0 Å². The largest absolute Gasteiger partial charge is 0.274 e. The van der Waals surface area contributed by atoms with Crippen LogP contribution in [-0.2, 0) is 30.9 Å². The highest BCUT2D eigenvalue weighted by atomic mass is 32.3. The Labute approximate surface area is 88.3 Å². The molecule has 14 heavy (non-hydrogen) atoms. The van der Waals surface area contributed by atoms with E-state index in [0.717, 1.165) is 29.4 Å². The lowest BCUT2D eigenvalue weighted by Crippen LogP contribution is -2.27. The van der Waals surface area contributed by atoms with E-state index in [9.17, 15) is 8.42 Å². The van der Waals surface area contributed by atoms with Crippen molar-refractivity contribution in [1.82, 2.24) is 3.71 Å². The van der Waals surface area contributed by atoms with Gasteiger partial charge in [-0.25, -0.2) is 8.42 Å². The minimum atomic E-state index is -1.64. The van der Waals surface area contributed by atoms with Crippen LogP contribution < -0.4 is 0 Å². The third-order valence-electron chi connectivity index (χ3n) is 1.91. The lowest BCUT2D eigenvalue weighted by atomic mass is 10.9. The summed E-state index contributed by atoms with van der Waals surface area (Å²) in [6.45, 7) is 0. The van der Waals surface area contributed by atoms with E-state index < -0.39 is 22.5 Å². The van der Waals surface area contributed by atoms with Crippen molar-refractivity contribution in [3.63, 3.8) is 0 Å². The maximum Gasteiger partial charge on any atom is 0.251 e. The third-order valence-corrected chi connectivity index (χ3v) is 4.35. The van der Waals surface area contributed by atoms with Crippen LogP contribution in [0.15, 0.2) is 0 Å². The average Bonchev–Trinajstić information content (AvgIpc) is 2.97. The molecule has 2 rings (SSSR count). The topological polar surface area (TPSA) is 55.8 Å². The number of rotatable bonds is 6. The predicted octanol–water partition coefficient (Wildman–Crippen LogP) is 0.434. The van der Waals surface area contributed by atoms with Crippen LogP contribution in [-0.4, -0.2) is 31.4 Å². The minimum Gasteiger partial charge on any atom is -0.274 e. The molecule has 0 aromatic carbocycles. The van der Waals surface area contributed by atoms with E-state index in [1.54, 1.807) is 0 Å². The van der Waals surface area contributed by atoms with Crippen LogP contribution in [0, 0.1) is 0 Å². The lowest BCUT2D eigenvalue weighted by molar-refractivity contribution is 0.299. The summed E-state index contributed by atoms with van der Waals surface area (Å²) in [5, 5.41) is 0. The number of hydrogen-bond acceptors (Lipinski definition) is 4. The van der Waals surface area contributed by atoms with Gasteiger partial charge in [0.15, 0.2) is 0 Å². The zero-order valence-corrected chi connectivity index (χ0v) is 9.51. The van der Waals surface area contributed by atoms with Crippen LogP contribution in [0.4, 0.5) is 0 Å². The maximum absolute atomic E-state index is 11.4. The third kappa shape index (κ3) is 3.09. The molecule has 0 aliphatic heterocycles. The molecule has 7 heteroatoms. The van der Waals surface area contributed by atoms with Crippen molar-refractivity contribution < 1.29 is 16.8 Å². The van der Waals surface area contributed by atoms with Crippen LogP contribution in [0.5, 0.6) is 0 Å². The van der Waals surface area contributed by atoms with E-state index in [2.05, 4.69) is 0 Å². The smallest absolute Gasteiger partial charge is 0.251 e. The molecule has 2 atom stereocenters. The van der Waals surface area contributed by atoms with Gasteiger partial charge in [-0.1, -0.05) is 3.71 Å². The summed E-state index contributed by atoms with van der Waals surface area (Å²) in [4.78, 5) is 0. The Balaban J connectivity index is 1.75. The Kier molecular flexibility index (Phi) is 3.33.